The van der Waals surface area contributed by atoms with Crippen molar-refractivity contribution in [3.8, 4) is 0 Å². The van der Waals surface area contributed by atoms with Crippen molar-refractivity contribution in [3.05, 3.63) is 12.3 Å². The van der Waals surface area contributed by atoms with E-state index in [4.69, 9.17) is 5.11 Å². The zero-order valence-corrected chi connectivity index (χ0v) is 6.57. The van der Waals surface area contributed by atoms with Crippen LogP contribution in [0.4, 0.5) is 0 Å². The third-order valence-electron chi connectivity index (χ3n) is 0.618. The summed E-state index contributed by atoms with van der Waals surface area (Å²) in [6, 6.07) is 0. The lowest BCUT2D eigenvalue weighted by Crippen LogP contribution is -2.13. The molecular weight excluding hydrogens is 114 g/mol. The van der Waals surface area contributed by atoms with E-state index in [-0.39, 0.29) is 6.61 Å². The normalized spacial score (nSPS) is 7.11. The Balaban J connectivity index is 0. The number of aliphatic hydroxyl groups is 1. The third-order valence-corrected chi connectivity index (χ3v) is 0.618. The Kier molecular flexibility index (Phi) is 13.2. The molecule has 2 nitrogen and oxygen atoms in total. The number of aliphatic hydroxyl groups excluding tert-OH is 1. The molecule has 0 aliphatic rings. The van der Waals surface area contributed by atoms with E-state index in [0.717, 1.165) is 6.54 Å². The van der Waals surface area contributed by atoms with E-state index in [9.17, 15) is 0 Å². The van der Waals surface area contributed by atoms with Gasteiger partial charge in [-0.25, -0.2) is 0 Å². The first-order valence-electron chi connectivity index (χ1n) is 3.33. The molecule has 0 aliphatic carbocycles. The molecule has 0 radical (unpaired) electrons. The summed E-state index contributed by atoms with van der Waals surface area (Å²) in [5.74, 6) is 0. The van der Waals surface area contributed by atoms with Crippen LogP contribution in [0, 0.1) is 0 Å². The van der Waals surface area contributed by atoms with Gasteiger partial charge in [0.2, 0.25) is 0 Å². The number of hydrogen-bond acceptors (Lipinski definition) is 2. The highest BCUT2D eigenvalue weighted by Crippen LogP contribution is 1.75. The predicted molar refractivity (Wildman–Crippen MR) is 41.3 cm³/mol. The molecule has 0 amide bonds. The summed E-state index contributed by atoms with van der Waals surface area (Å²) in [7, 11) is 0. The van der Waals surface area contributed by atoms with E-state index < -0.39 is 0 Å². The smallest absolute Gasteiger partial charge is 0.0821 e. The SMILES string of the molecule is C=C(CO)NCC.CC. The Morgan fingerprint density at radius 3 is 2.11 bits per heavy atom. The molecule has 0 aliphatic heterocycles. The molecule has 0 aromatic heterocycles. The van der Waals surface area contributed by atoms with Gasteiger partial charge in [0, 0.05) is 12.2 Å². The Bertz CT molecular complexity index is 61.9. The van der Waals surface area contributed by atoms with Gasteiger partial charge in [-0.3, -0.25) is 0 Å². The van der Waals surface area contributed by atoms with Crippen LogP contribution in [0.15, 0.2) is 12.3 Å². The van der Waals surface area contributed by atoms with E-state index in [2.05, 4.69) is 11.9 Å². The molecule has 0 fully saturated rings. The number of hydrogen-bond donors (Lipinski definition) is 2. The van der Waals surface area contributed by atoms with Crippen molar-refractivity contribution in [2.45, 2.75) is 20.8 Å². The highest BCUT2D eigenvalue weighted by atomic mass is 16.3. The fraction of sp³-hybridized carbons (Fsp3) is 0.714. The minimum absolute atomic E-state index is 0.0356. The van der Waals surface area contributed by atoms with Crippen LogP contribution in [0.2, 0.25) is 0 Å². The van der Waals surface area contributed by atoms with Gasteiger partial charge in [0.25, 0.3) is 0 Å². The van der Waals surface area contributed by atoms with Gasteiger partial charge in [-0.05, 0) is 6.92 Å². The van der Waals surface area contributed by atoms with Crippen molar-refractivity contribution in [3.63, 3.8) is 0 Å². The van der Waals surface area contributed by atoms with Crippen molar-refractivity contribution < 1.29 is 5.11 Å². The van der Waals surface area contributed by atoms with Crippen LogP contribution in [-0.4, -0.2) is 18.3 Å². The molecule has 2 N–H and O–H groups in total. The molecule has 9 heavy (non-hydrogen) atoms. The lowest BCUT2D eigenvalue weighted by molar-refractivity contribution is 0.323. The van der Waals surface area contributed by atoms with Gasteiger partial charge in [-0.1, -0.05) is 20.4 Å². The van der Waals surface area contributed by atoms with Crippen LogP contribution in [0.5, 0.6) is 0 Å². The first-order valence-corrected chi connectivity index (χ1v) is 3.33. The largest absolute Gasteiger partial charge is 0.390 e. The summed E-state index contributed by atoms with van der Waals surface area (Å²) in [4.78, 5) is 0. The quantitative estimate of drug-likeness (QED) is 0.601. The Morgan fingerprint density at radius 1 is 1.56 bits per heavy atom. The van der Waals surface area contributed by atoms with Gasteiger partial charge in [-0.15, -0.1) is 0 Å². The number of rotatable bonds is 3. The third kappa shape index (κ3) is 11.2. The number of nitrogens with one attached hydrogen (secondary N) is 1. The van der Waals surface area contributed by atoms with Gasteiger partial charge in [0.05, 0.1) is 6.61 Å². The molecule has 2 heteroatoms. The van der Waals surface area contributed by atoms with Gasteiger partial charge < -0.3 is 10.4 Å². The van der Waals surface area contributed by atoms with Crippen LogP contribution < -0.4 is 5.32 Å². The average molecular weight is 131 g/mol. The van der Waals surface area contributed by atoms with Crippen LogP contribution >= 0.6 is 0 Å². The maximum Gasteiger partial charge on any atom is 0.0821 e. The Hall–Kier alpha value is -0.500. The standard InChI is InChI=1S/C5H11NO.C2H6/c1-3-6-5(2)4-7;1-2/h6-7H,2-4H2,1H3;1-2H3. The molecule has 0 rings (SSSR count). The summed E-state index contributed by atoms with van der Waals surface area (Å²) in [6.07, 6.45) is 0. The average Bonchev–Trinajstić information content (AvgIpc) is 1.93. The van der Waals surface area contributed by atoms with Gasteiger partial charge >= 0.3 is 0 Å². The minimum Gasteiger partial charge on any atom is -0.390 e. The first-order chi connectivity index (χ1) is 4.31. The highest BCUT2D eigenvalue weighted by molar-refractivity contribution is 4.88. The monoisotopic (exact) mass is 131 g/mol. The van der Waals surface area contributed by atoms with Crippen LogP contribution in [0.25, 0.3) is 0 Å². The summed E-state index contributed by atoms with van der Waals surface area (Å²) in [5, 5.41) is 11.2. The van der Waals surface area contributed by atoms with Crippen molar-refractivity contribution in [1.82, 2.24) is 5.32 Å². The molecule has 0 heterocycles. The van der Waals surface area contributed by atoms with Crippen molar-refractivity contribution in [2.24, 2.45) is 0 Å². The van der Waals surface area contributed by atoms with Crippen molar-refractivity contribution in [2.75, 3.05) is 13.2 Å². The van der Waals surface area contributed by atoms with Crippen LogP contribution in [0.3, 0.4) is 0 Å². The molecule has 0 saturated heterocycles. The lowest BCUT2D eigenvalue weighted by atomic mass is 10.5. The molecule has 0 aromatic rings. The van der Waals surface area contributed by atoms with E-state index in [0.29, 0.717) is 5.70 Å². The van der Waals surface area contributed by atoms with E-state index >= 15 is 0 Å². The number of likely N-dealkylation sites (N-methyl/N-ethyl adjacent to an activating group) is 1. The summed E-state index contributed by atoms with van der Waals surface area (Å²) in [6.45, 7) is 10.3. The van der Waals surface area contributed by atoms with E-state index in [1.54, 1.807) is 0 Å². The van der Waals surface area contributed by atoms with Crippen molar-refractivity contribution >= 4 is 0 Å². The molecule has 0 atom stereocenters. The second-order valence-electron chi connectivity index (χ2n) is 1.29. The maximum absolute atomic E-state index is 8.30. The second kappa shape index (κ2) is 10.5. The van der Waals surface area contributed by atoms with Gasteiger partial charge in [0.15, 0.2) is 0 Å². The first kappa shape index (κ1) is 11.3. The molecular formula is C7H17NO. The van der Waals surface area contributed by atoms with E-state index in [1.807, 2.05) is 20.8 Å². The molecule has 0 aromatic carbocycles. The fourth-order valence-corrected chi connectivity index (χ4v) is 0.306. The Labute approximate surface area is 57.6 Å². The maximum atomic E-state index is 8.30. The summed E-state index contributed by atoms with van der Waals surface area (Å²) < 4.78 is 0. The highest BCUT2D eigenvalue weighted by Gasteiger charge is 1.81. The van der Waals surface area contributed by atoms with Crippen molar-refractivity contribution in [1.29, 1.82) is 0 Å². The molecule has 56 valence electrons. The topological polar surface area (TPSA) is 32.3 Å². The zero-order valence-electron chi connectivity index (χ0n) is 6.57. The van der Waals surface area contributed by atoms with E-state index in [1.165, 1.54) is 0 Å². The van der Waals surface area contributed by atoms with Crippen LogP contribution in [0.1, 0.15) is 20.8 Å². The molecule has 0 spiro atoms. The zero-order chi connectivity index (χ0) is 7.70. The minimum atomic E-state index is 0.0356. The summed E-state index contributed by atoms with van der Waals surface area (Å²) >= 11 is 0. The van der Waals surface area contributed by atoms with Crippen LogP contribution in [-0.2, 0) is 0 Å². The second-order valence-corrected chi connectivity index (χ2v) is 1.29. The molecule has 0 bridgehead atoms. The molecule has 0 unspecified atom stereocenters. The fourth-order valence-electron chi connectivity index (χ4n) is 0.306. The predicted octanol–water partition coefficient (Wildman–Crippen LogP) is 1.13. The summed E-state index contributed by atoms with van der Waals surface area (Å²) in [5.41, 5.74) is 0.683. The van der Waals surface area contributed by atoms with Gasteiger partial charge in [-0.2, -0.15) is 0 Å². The van der Waals surface area contributed by atoms with Gasteiger partial charge in [0.1, 0.15) is 0 Å². The Morgan fingerprint density at radius 2 is 2.00 bits per heavy atom. The molecule has 0 saturated carbocycles. The lowest BCUT2D eigenvalue weighted by Gasteiger charge is -1.99.